The van der Waals surface area contributed by atoms with Crippen molar-refractivity contribution in [3.05, 3.63) is 53.9 Å². The standard InChI is InChI=1S/C21H30N4O/c1-3-4-14-24(17(2)18-9-6-5-7-10-18)21(26)20-12-15-25(23-20)19-11-8-13-22-16-19/h5-7,9-10,12,15,17,19,22H,3-4,8,11,13-14,16H2,1-2H3. The SMILES string of the molecule is CCCCN(C(=O)c1ccn(C2CCCNC2)n1)C(C)c1ccccc1. The van der Waals surface area contributed by atoms with Gasteiger partial charge in [-0.25, -0.2) is 0 Å². The second-order valence-corrected chi connectivity index (χ2v) is 7.12. The molecule has 0 saturated carbocycles. The first-order valence-corrected chi connectivity index (χ1v) is 9.82. The van der Waals surface area contributed by atoms with Gasteiger partial charge in [-0.1, -0.05) is 43.7 Å². The Hall–Kier alpha value is -2.14. The predicted octanol–water partition coefficient (Wildman–Crippen LogP) is 3.81. The maximum absolute atomic E-state index is 13.2. The van der Waals surface area contributed by atoms with Gasteiger partial charge in [0.25, 0.3) is 5.91 Å². The van der Waals surface area contributed by atoms with E-state index in [0.717, 1.165) is 50.9 Å². The monoisotopic (exact) mass is 354 g/mol. The summed E-state index contributed by atoms with van der Waals surface area (Å²) >= 11 is 0. The molecule has 2 aromatic rings. The highest BCUT2D eigenvalue weighted by Gasteiger charge is 2.25. The molecule has 2 heterocycles. The third kappa shape index (κ3) is 4.33. The van der Waals surface area contributed by atoms with Crippen molar-refractivity contribution < 1.29 is 4.79 Å². The Labute approximate surface area is 156 Å². The topological polar surface area (TPSA) is 50.2 Å². The van der Waals surface area contributed by atoms with E-state index in [0.29, 0.717) is 11.7 Å². The van der Waals surface area contributed by atoms with E-state index >= 15 is 0 Å². The van der Waals surface area contributed by atoms with Gasteiger partial charge in [-0.2, -0.15) is 5.10 Å². The van der Waals surface area contributed by atoms with Crippen LogP contribution in [0.1, 0.15) is 67.7 Å². The summed E-state index contributed by atoms with van der Waals surface area (Å²) in [6, 6.07) is 12.5. The number of carbonyl (C=O) groups excluding carboxylic acids is 1. The summed E-state index contributed by atoms with van der Waals surface area (Å²) in [5, 5.41) is 8.03. The molecule has 1 amide bonds. The van der Waals surface area contributed by atoms with Gasteiger partial charge in [0.05, 0.1) is 12.1 Å². The quantitative estimate of drug-likeness (QED) is 0.822. The smallest absolute Gasteiger partial charge is 0.274 e. The summed E-state index contributed by atoms with van der Waals surface area (Å²) in [6.07, 6.45) is 6.28. The third-order valence-electron chi connectivity index (χ3n) is 5.24. The molecule has 2 atom stereocenters. The molecule has 1 aromatic heterocycles. The molecular weight excluding hydrogens is 324 g/mol. The zero-order valence-corrected chi connectivity index (χ0v) is 15.9. The molecule has 5 nitrogen and oxygen atoms in total. The first-order chi connectivity index (χ1) is 12.7. The molecule has 1 fully saturated rings. The third-order valence-corrected chi connectivity index (χ3v) is 5.24. The van der Waals surface area contributed by atoms with Gasteiger partial charge in [-0.3, -0.25) is 9.48 Å². The highest BCUT2D eigenvalue weighted by atomic mass is 16.2. The van der Waals surface area contributed by atoms with Crippen LogP contribution in [0.2, 0.25) is 0 Å². The molecule has 3 rings (SSSR count). The lowest BCUT2D eigenvalue weighted by Gasteiger charge is -2.29. The molecule has 0 radical (unpaired) electrons. The second-order valence-electron chi connectivity index (χ2n) is 7.12. The molecule has 1 aliphatic heterocycles. The first-order valence-electron chi connectivity index (χ1n) is 9.82. The number of nitrogens with zero attached hydrogens (tertiary/aromatic N) is 3. The number of unbranched alkanes of at least 4 members (excludes halogenated alkanes) is 1. The molecular formula is C21H30N4O. The second kappa shape index (κ2) is 8.99. The number of amides is 1. The van der Waals surface area contributed by atoms with E-state index in [1.54, 1.807) is 0 Å². The van der Waals surface area contributed by atoms with Crippen LogP contribution in [0.5, 0.6) is 0 Å². The number of hydrogen-bond acceptors (Lipinski definition) is 3. The average molecular weight is 354 g/mol. The average Bonchev–Trinajstić information content (AvgIpc) is 3.19. The van der Waals surface area contributed by atoms with Crippen LogP contribution in [0, 0.1) is 0 Å². The predicted molar refractivity (Wildman–Crippen MR) is 104 cm³/mol. The van der Waals surface area contributed by atoms with Gasteiger partial charge in [0.1, 0.15) is 5.69 Å². The van der Waals surface area contributed by atoms with Gasteiger partial charge in [-0.15, -0.1) is 0 Å². The van der Waals surface area contributed by atoms with Crippen molar-refractivity contribution in [2.45, 2.75) is 51.6 Å². The number of carbonyl (C=O) groups is 1. The van der Waals surface area contributed by atoms with Gasteiger partial charge < -0.3 is 10.2 Å². The van der Waals surface area contributed by atoms with Crippen molar-refractivity contribution in [3.8, 4) is 0 Å². The van der Waals surface area contributed by atoms with E-state index in [4.69, 9.17) is 0 Å². The van der Waals surface area contributed by atoms with E-state index in [1.165, 1.54) is 0 Å². The minimum absolute atomic E-state index is 0.0253. The van der Waals surface area contributed by atoms with Crippen LogP contribution in [0.15, 0.2) is 42.6 Å². The summed E-state index contributed by atoms with van der Waals surface area (Å²) in [6.45, 7) is 7.01. The normalized spacial score (nSPS) is 18.5. The lowest BCUT2D eigenvalue weighted by molar-refractivity contribution is 0.0680. The van der Waals surface area contributed by atoms with Gasteiger partial charge in [-0.05, 0) is 44.4 Å². The van der Waals surface area contributed by atoms with Crippen LogP contribution >= 0.6 is 0 Å². The maximum Gasteiger partial charge on any atom is 0.274 e. The molecule has 1 aromatic carbocycles. The molecule has 0 bridgehead atoms. The van der Waals surface area contributed by atoms with Crippen molar-refractivity contribution in [1.29, 1.82) is 0 Å². The number of aromatic nitrogens is 2. The van der Waals surface area contributed by atoms with Crippen molar-refractivity contribution in [2.75, 3.05) is 19.6 Å². The fourth-order valence-corrected chi connectivity index (χ4v) is 3.57. The Bertz CT molecular complexity index is 691. The fourth-order valence-electron chi connectivity index (χ4n) is 3.57. The van der Waals surface area contributed by atoms with E-state index in [2.05, 4.69) is 36.4 Å². The van der Waals surface area contributed by atoms with Crippen LogP contribution in [0.4, 0.5) is 0 Å². The Morgan fingerprint density at radius 2 is 2.15 bits per heavy atom. The molecule has 0 aliphatic carbocycles. The summed E-state index contributed by atoms with van der Waals surface area (Å²) in [7, 11) is 0. The zero-order valence-electron chi connectivity index (χ0n) is 15.9. The molecule has 0 spiro atoms. The summed E-state index contributed by atoms with van der Waals surface area (Å²) in [5.41, 5.74) is 1.71. The van der Waals surface area contributed by atoms with Crippen molar-refractivity contribution in [1.82, 2.24) is 20.0 Å². The molecule has 2 unspecified atom stereocenters. The van der Waals surface area contributed by atoms with Crippen molar-refractivity contribution in [3.63, 3.8) is 0 Å². The highest BCUT2D eigenvalue weighted by molar-refractivity contribution is 5.92. The lowest BCUT2D eigenvalue weighted by Crippen LogP contribution is -2.35. The molecule has 26 heavy (non-hydrogen) atoms. The zero-order chi connectivity index (χ0) is 18.4. The minimum atomic E-state index is 0.0253. The van der Waals surface area contributed by atoms with Crippen LogP contribution < -0.4 is 5.32 Å². The Morgan fingerprint density at radius 1 is 1.35 bits per heavy atom. The van der Waals surface area contributed by atoms with Crippen LogP contribution in [-0.2, 0) is 0 Å². The van der Waals surface area contributed by atoms with E-state index < -0.39 is 0 Å². The largest absolute Gasteiger partial charge is 0.330 e. The summed E-state index contributed by atoms with van der Waals surface area (Å²) in [4.78, 5) is 15.2. The first kappa shape index (κ1) is 18.6. The molecule has 1 N–H and O–H groups in total. The number of rotatable bonds is 7. The Morgan fingerprint density at radius 3 is 2.85 bits per heavy atom. The minimum Gasteiger partial charge on any atom is -0.330 e. The van der Waals surface area contributed by atoms with E-state index in [1.807, 2.05) is 40.0 Å². The summed E-state index contributed by atoms with van der Waals surface area (Å²) < 4.78 is 1.96. The van der Waals surface area contributed by atoms with Gasteiger partial charge in [0.15, 0.2) is 0 Å². The van der Waals surface area contributed by atoms with Gasteiger partial charge in [0.2, 0.25) is 0 Å². The van der Waals surface area contributed by atoms with Crippen LogP contribution in [0.3, 0.4) is 0 Å². The molecule has 1 saturated heterocycles. The fraction of sp³-hybridized carbons (Fsp3) is 0.524. The van der Waals surface area contributed by atoms with E-state index in [9.17, 15) is 4.79 Å². The van der Waals surface area contributed by atoms with Crippen molar-refractivity contribution >= 4 is 5.91 Å². The van der Waals surface area contributed by atoms with E-state index in [-0.39, 0.29) is 11.9 Å². The number of benzene rings is 1. The highest BCUT2D eigenvalue weighted by Crippen LogP contribution is 2.23. The van der Waals surface area contributed by atoms with Crippen molar-refractivity contribution in [2.24, 2.45) is 0 Å². The van der Waals surface area contributed by atoms with Crippen LogP contribution in [-0.4, -0.2) is 40.2 Å². The Kier molecular flexibility index (Phi) is 6.45. The Balaban J connectivity index is 1.77. The molecule has 1 aliphatic rings. The molecule has 140 valence electrons. The number of piperidine rings is 1. The number of nitrogens with one attached hydrogen (secondary N) is 1. The maximum atomic E-state index is 13.2. The summed E-state index contributed by atoms with van der Waals surface area (Å²) in [5.74, 6) is 0.0253. The lowest BCUT2D eigenvalue weighted by atomic mass is 10.1. The van der Waals surface area contributed by atoms with Crippen LogP contribution in [0.25, 0.3) is 0 Å². The van der Waals surface area contributed by atoms with Gasteiger partial charge >= 0.3 is 0 Å². The molecule has 5 heteroatoms. The van der Waals surface area contributed by atoms with Gasteiger partial charge in [0, 0.05) is 19.3 Å². The number of hydrogen-bond donors (Lipinski definition) is 1.